The van der Waals surface area contributed by atoms with Gasteiger partial charge in [0.1, 0.15) is 5.76 Å². The summed E-state index contributed by atoms with van der Waals surface area (Å²) in [6, 6.07) is 0. The number of aliphatic hydroxyl groups is 1. The highest BCUT2D eigenvalue weighted by atomic mass is 16.5. The molecule has 0 aliphatic heterocycles. The minimum atomic E-state index is 0.223. The third-order valence-corrected chi connectivity index (χ3v) is 1.42. The highest BCUT2D eigenvalue weighted by molar-refractivity contribution is 5.24. The minimum Gasteiger partial charge on any atom is -0.508 e. The zero-order valence-electron chi connectivity index (χ0n) is 7.83. The van der Waals surface area contributed by atoms with Crippen molar-refractivity contribution in [3.63, 3.8) is 0 Å². The first-order valence-corrected chi connectivity index (χ1v) is 3.78. The number of methoxy groups -OCH3 is 2. The molecule has 70 valence electrons. The zero-order valence-corrected chi connectivity index (χ0v) is 7.83. The number of hydrogen-bond acceptors (Lipinski definition) is 3. The van der Waals surface area contributed by atoms with E-state index in [2.05, 4.69) is 0 Å². The number of aliphatic hydroxyl groups excluding tert-OH is 1. The van der Waals surface area contributed by atoms with Crippen LogP contribution in [0.3, 0.4) is 0 Å². The molecule has 0 spiro atoms. The van der Waals surface area contributed by atoms with E-state index in [4.69, 9.17) is 9.47 Å². The molecule has 1 N–H and O–H groups in total. The van der Waals surface area contributed by atoms with Gasteiger partial charge in [-0.1, -0.05) is 6.08 Å². The topological polar surface area (TPSA) is 38.7 Å². The van der Waals surface area contributed by atoms with Gasteiger partial charge in [0.05, 0.1) is 13.2 Å². The van der Waals surface area contributed by atoms with Crippen LogP contribution in [0, 0.1) is 0 Å². The van der Waals surface area contributed by atoms with Gasteiger partial charge in [0.15, 0.2) is 0 Å². The SMILES string of the molecule is C/C=C(COC)\C(O)=C\COC. The molecule has 0 atom stereocenters. The summed E-state index contributed by atoms with van der Waals surface area (Å²) in [5.74, 6) is 0.223. The van der Waals surface area contributed by atoms with Crippen LogP contribution in [0.5, 0.6) is 0 Å². The molecule has 0 aromatic rings. The van der Waals surface area contributed by atoms with Crippen molar-refractivity contribution in [2.24, 2.45) is 0 Å². The van der Waals surface area contributed by atoms with Crippen LogP contribution in [0.4, 0.5) is 0 Å². The average molecular weight is 172 g/mol. The minimum absolute atomic E-state index is 0.223. The molecular formula is C9H16O3. The Kier molecular flexibility index (Phi) is 6.42. The Hall–Kier alpha value is -0.800. The van der Waals surface area contributed by atoms with Gasteiger partial charge in [-0.25, -0.2) is 0 Å². The largest absolute Gasteiger partial charge is 0.508 e. The van der Waals surface area contributed by atoms with Gasteiger partial charge in [-0.3, -0.25) is 0 Å². The average Bonchev–Trinajstić information content (AvgIpc) is 2.10. The van der Waals surface area contributed by atoms with Crippen LogP contribution in [-0.4, -0.2) is 32.5 Å². The van der Waals surface area contributed by atoms with E-state index in [0.717, 1.165) is 5.57 Å². The first kappa shape index (κ1) is 11.2. The molecule has 0 aliphatic rings. The number of rotatable bonds is 5. The van der Waals surface area contributed by atoms with Crippen LogP contribution in [0.15, 0.2) is 23.5 Å². The second-order valence-corrected chi connectivity index (χ2v) is 2.29. The van der Waals surface area contributed by atoms with Crippen molar-refractivity contribution < 1.29 is 14.6 Å². The van der Waals surface area contributed by atoms with Gasteiger partial charge in [0.25, 0.3) is 0 Å². The van der Waals surface area contributed by atoms with Crippen LogP contribution < -0.4 is 0 Å². The van der Waals surface area contributed by atoms with Gasteiger partial charge in [0.2, 0.25) is 0 Å². The van der Waals surface area contributed by atoms with E-state index in [1.165, 1.54) is 0 Å². The van der Waals surface area contributed by atoms with Gasteiger partial charge in [-0.15, -0.1) is 0 Å². The Bertz CT molecular complexity index is 171. The fraction of sp³-hybridized carbons (Fsp3) is 0.556. The van der Waals surface area contributed by atoms with Gasteiger partial charge >= 0.3 is 0 Å². The quantitative estimate of drug-likeness (QED) is 0.506. The summed E-state index contributed by atoms with van der Waals surface area (Å²) in [6.45, 7) is 2.68. The summed E-state index contributed by atoms with van der Waals surface area (Å²) >= 11 is 0. The molecule has 0 unspecified atom stereocenters. The van der Waals surface area contributed by atoms with Crippen LogP contribution in [0.2, 0.25) is 0 Å². The molecule has 0 bridgehead atoms. The molecule has 12 heavy (non-hydrogen) atoms. The van der Waals surface area contributed by atoms with Gasteiger partial charge < -0.3 is 14.6 Å². The number of hydrogen-bond donors (Lipinski definition) is 1. The summed E-state index contributed by atoms with van der Waals surface area (Å²) in [5, 5.41) is 9.40. The van der Waals surface area contributed by atoms with E-state index in [9.17, 15) is 5.11 Å². The third-order valence-electron chi connectivity index (χ3n) is 1.42. The lowest BCUT2D eigenvalue weighted by Gasteiger charge is -2.04. The summed E-state index contributed by atoms with van der Waals surface area (Å²) in [7, 11) is 3.17. The lowest BCUT2D eigenvalue weighted by molar-refractivity contribution is 0.215. The molecule has 0 rings (SSSR count). The second kappa shape index (κ2) is 6.88. The highest BCUT2D eigenvalue weighted by Gasteiger charge is 1.99. The van der Waals surface area contributed by atoms with E-state index >= 15 is 0 Å². The van der Waals surface area contributed by atoms with Gasteiger partial charge in [0, 0.05) is 19.8 Å². The van der Waals surface area contributed by atoms with Crippen LogP contribution in [0.25, 0.3) is 0 Å². The molecule has 0 heterocycles. The van der Waals surface area contributed by atoms with Crippen molar-refractivity contribution in [2.75, 3.05) is 27.4 Å². The van der Waals surface area contributed by atoms with Crippen LogP contribution in [-0.2, 0) is 9.47 Å². The van der Waals surface area contributed by atoms with E-state index < -0.39 is 0 Å². The Morgan fingerprint density at radius 2 is 2.00 bits per heavy atom. The standard InChI is InChI=1S/C9H16O3/c1-4-8(7-12-3)9(10)5-6-11-2/h4-5,10H,6-7H2,1-3H3/b8-4-,9-5-. The lowest BCUT2D eigenvalue weighted by Crippen LogP contribution is -1.98. The molecule has 0 radical (unpaired) electrons. The van der Waals surface area contributed by atoms with E-state index in [0.29, 0.717) is 13.2 Å². The molecular weight excluding hydrogens is 156 g/mol. The van der Waals surface area contributed by atoms with E-state index in [1.807, 2.05) is 13.0 Å². The monoisotopic (exact) mass is 172 g/mol. The predicted molar refractivity (Wildman–Crippen MR) is 48.2 cm³/mol. The second-order valence-electron chi connectivity index (χ2n) is 2.29. The van der Waals surface area contributed by atoms with Gasteiger partial charge in [-0.2, -0.15) is 0 Å². The molecule has 0 aliphatic carbocycles. The molecule has 3 heteroatoms. The summed E-state index contributed by atoms with van der Waals surface area (Å²) in [5.41, 5.74) is 0.773. The first-order chi connectivity index (χ1) is 5.76. The maximum absolute atomic E-state index is 9.40. The maximum Gasteiger partial charge on any atom is 0.119 e. The molecule has 0 fully saturated rings. The molecule has 3 nitrogen and oxygen atoms in total. The fourth-order valence-electron chi connectivity index (χ4n) is 0.754. The van der Waals surface area contributed by atoms with Gasteiger partial charge in [-0.05, 0) is 13.0 Å². The molecule has 0 saturated heterocycles. The molecule has 0 aromatic heterocycles. The lowest BCUT2D eigenvalue weighted by atomic mass is 10.2. The first-order valence-electron chi connectivity index (χ1n) is 3.78. The number of ether oxygens (including phenoxy) is 2. The Morgan fingerprint density at radius 3 is 2.42 bits per heavy atom. The molecule has 0 saturated carbocycles. The normalized spacial score (nSPS) is 13.6. The third kappa shape index (κ3) is 4.16. The Balaban J connectivity index is 4.11. The Labute approximate surface area is 73.3 Å². The van der Waals surface area contributed by atoms with Crippen molar-refractivity contribution in [3.8, 4) is 0 Å². The maximum atomic E-state index is 9.40. The van der Waals surface area contributed by atoms with Crippen molar-refractivity contribution in [1.82, 2.24) is 0 Å². The van der Waals surface area contributed by atoms with E-state index in [1.54, 1.807) is 20.3 Å². The van der Waals surface area contributed by atoms with Crippen molar-refractivity contribution in [1.29, 1.82) is 0 Å². The highest BCUT2D eigenvalue weighted by Crippen LogP contribution is 2.06. The van der Waals surface area contributed by atoms with Crippen LogP contribution >= 0.6 is 0 Å². The molecule has 0 aromatic carbocycles. The summed E-state index contributed by atoms with van der Waals surface area (Å²) in [6.07, 6.45) is 3.42. The molecule has 0 amide bonds. The van der Waals surface area contributed by atoms with E-state index in [-0.39, 0.29) is 5.76 Å². The summed E-state index contributed by atoms with van der Waals surface area (Å²) < 4.78 is 9.67. The summed E-state index contributed by atoms with van der Waals surface area (Å²) in [4.78, 5) is 0. The smallest absolute Gasteiger partial charge is 0.119 e. The Morgan fingerprint density at radius 1 is 1.33 bits per heavy atom. The van der Waals surface area contributed by atoms with Crippen molar-refractivity contribution >= 4 is 0 Å². The fourth-order valence-corrected chi connectivity index (χ4v) is 0.754. The predicted octanol–water partition coefficient (Wildman–Crippen LogP) is 1.67. The van der Waals surface area contributed by atoms with Crippen molar-refractivity contribution in [2.45, 2.75) is 6.92 Å². The van der Waals surface area contributed by atoms with Crippen molar-refractivity contribution in [3.05, 3.63) is 23.5 Å². The number of allylic oxidation sites excluding steroid dienone is 1. The zero-order chi connectivity index (χ0) is 9.40. The van der Waals surface area contributed by atoms with Crippen LogP contribution in [0.1, 0.15) is 6.92 Å².